The van der Waals surface area contributed by atoms with Crippen LogP contribution >= 0.6 is 0 Å². The standard InChI is InChI=1S/C24H30N2O4/c1-5-23(27)25-18-10-11-19(14-18)26(2)24(28)17-8-6-16(7-9-17)21-13-12-20(29-3)15-22(21)30-4/h6-9,12-13,15,18-19H,5,10-11,14H2,1-4H3,(H,25,27)/t18-,19+/m0/s1. The number of carbonyl (C=O) groups excluding carboxylic acids is 2. The number of benzene rings is 2. The maximum atomic E-state index is 13.0. The van der Waals surface area contributed by atoms with Crippen molar-refractivity contribution >= 4 is 11.8 Å². The summed E-state index contributed by atoms with van der Waals surface area (Å²) >= 11 is 0. The van der Waals surface area contributed by atoms with Gasteiger partial charge in [-0.2, -0.15) is 0 Å². The number of hydrogen-bond donors (Lipinski definition) is 1. The van der Waals surface area contributed by atoms with E-state index >= 15 is 0 Å². The highest BCUT2D eigenvalue weighted by Gasteiger charge is 2.30. The molecule has 0 spiro atoms. The maximum absolute atomic E-state index is 13.0. The predicted molar refractivity (Wildman–Crippen MR) is 117 cm³/mol. The van der Waals surface area contributed by atoms with E-state index in [2.05, 4.69) is 5.32 Å². The SMILES string of the molecule is CCC(=O)N[C@H]1CC[C@@H](N(C)C(=O)c2ccc(-c3ccc(OC)cc3OC)cc2)C1. The highest BCUT2D eigenvalue weighted by molar-refractivity contribution is 5.95. The largest absolute Gasteiger partial charge is 0.497 e. The van der Waals surface area contributed by atoms with E-state index < -0.39 is 0 Å². The Kier molecular flexibility index (Phi) is 6.98. The van der Waals surface area contributed by atoms with E-state index in [0.29, 0.717) is 12.0 Å². The molecule has 2 atom stereocenters. The lowest BCUT2D eigenvalue weighted by molar-refractivity contribution is -0.121. The molecule has 0 bridgehead atoms. The Hall–Kier alpha value is -3.02. The minimum atomic E-state index is -0.00397. The van der Waals surface area contributed by atoms with Crippen molar-refractivity contribution in [3.05, 3.63) is 48.0 Å². The fraction of sp³-hybridized carbons (Fsp3) is 0.417. The van der Waals surface area contributed by atoms with Crippen molar-refractivity contribution in [3.63, 3.8) is 0 Å². The van der Waals surface area contributed by atoms with Gasteiger partial charge < -0.3 is 19.7 Å². The molecule has 6 heteroatoms. The highest BCUT2D eigenvalue weighted by atomic mass is 16.5. The molecule has 0 heterocycles. The van der Waals surface area contributed by atoms with Crippen molar-refractivity contribution in [1.29, 1.82) is 0 Å². The van der Waals surface area contributed by atoms with Gasteiger partial charge in [-0.1, -0.05) is 19.1 Å². The smallest absolute Gasteiger partial charge is 0.253 e. The van der Waals surface area contributed by atoms with Gasteiger partial charge in [0, 0.05) is 42.7 Å². The molecule has 1 fully saturated rings. The summed E-state index contributed by atoms with van der Waals surface area (Å²) in [4.78, 5) is 26.4. The number of nitrogens with zero attached hydrogens (tertiary/aromatic N) is 1. The Morgan fingerprint density at radius 1 is 1.07 bits per heavy atom. The lowest BCUT2D eigenvalue weighted by Gasteiger charge is -2.25. The Bertz CT molecular complexity index is 895. The second-order valence-corrected chi connectivity index (χ2v) is 7.64. The quantitative estimate of drug-likeness (QED) is 0.752. The number of amides is 2. The van der Waals surface area contributed by atoms with Gasteiger partial charge in [0.05, 0.1) is 14.2 Å². The lowest BCUT2D eigenvalue weighted by atomic mass is 10.0. The molecular weight excluding hydrogens is 380 g/mol. The fourth-order valence-electron chi connectivity index (χ4n) is 3.97. The minimum absolute atomic E-state index is 0.00397. The first-order chi connectivity index (χ1) is 14.5. The molecule has 2 aromatic rings. The summed E-state index contributed by atoms with van der Waals surface area (Å²) < 4.78 is 10.7. The third-order valence-electron chi connectivity index (χ3n) is 5.81. The molecule has 0 unspecified atom stereocenters. The number of methoxy groups -OCH3 is 2. The van der Waals surface area contributed by atoms with Crippen LogP contribution in [0.25, 0.3) is 11.1 Å². The van der Waals surface area contributed by atoms with Crippen molar-refractivity contribution in [2.24, 2.45) is 0 Å². The van der Waals surface area contributed by atoms with Crippen LogP contribution in [0.1, 0.15) is 43.0 Å². The molecule has 1 aliphatic rings. The highest BCUT2D eigenvalue weighted by Crippen LogP contribution is 2.33. The summed E-state index contributed by atoms with van der Waals surface area (Å²) in [7, 11) is 5.09. The zero-order chi connectivity index (χ0) is 21.7. The van der Waals surface area contributed by atoms with Crippen LogP contribution in [0.2, 0.25) is 0 Å². The van der Waals surface area contributed by atoms with Crippen LogP contribution in [0.5, 0.6) is 11.5 Å². The average Bonchev–Trinajstić information content (AvgIpc) is 3.25. The van der Waals surface area contributed by atoms with Crippen LogP contribution in [0.4, 0.5) is 0 Å². The number of carbonyl (C=O) groups is 2. The van der Waals surface area contributed by atoms with E-state index in [1.54, 1.807) is 19.1 Å². The zero-order valence-corrected chi connectivity index (χ0v) is 18.1. The van der Waals surface area contributed by atoms with Crippen LogP contribution in [0.15, 0.2) is 42.5 Å². The molecular formula is C24H30N2O4. The molecule has 1 saturated carbocycles. The molecule has 0 aromatic heterocycles. The van der Waals surface area contributed by atoms with Gasteiger partial charge in [-0.3, -0.25) is 9.59 Å². The predicted octanol–water partition coefficient (Wildman–Crippen LogP) is 3.89. The van der Waals surface area contributed by atoms with Gasteiger partial charge in [0.1, 0.15) is 11.5 Å². The Morgan fingerprint density at radius 3 is 2.43 bits per heavy atom. The molecule has 2 aromatic carbocycles. The lowest BCUT2D eigenvalue weighted by Crippen LogP contribution is -2.38. The summed E-state index contributed by atoms with van der Waals surface area (Å²) in [6.45, 7) is 1.85. The Morgan fingerprint density at radius 2 is 1.80 bits per heavy atom. The van der Waals surface area contributed by atoms with Gasteiger partial charge in [0.25, 0.3) is 5.91 Å². The molecule has 1 N–H and O–H groups in total. The first kappa shape index (κ1) is 21.7. The van der Waals surface area contributed by atoms with Gasteiger partial charge in [0.2, 0.25) is 5.91 Å². The molecule has 3 rings (SSSR count). The topological polar surface area (TPSA) is 67.9 Å². The van der Waals surface area contributed by atoms with E-state index in [1.807, 2.05) is 56.4 Å². The number of hydrogen-bond acceptors (Lipinski definition) is 4. The van der Waals surface area contributed by atoms with Gasteiger partial charge in [-0.05, 0) is 49.1 Å². The van der Waals surface area contributed by atoms with E-state index in [-0.39, 0.29) is 23.9 Å². The fourth-order valence-corrected chi connectivity index (χ4v) is 3.97. The third-order valence-corrected chi connectivity index (χ3v) is 5.81. The first-order valence-corrected chi connectivity index (χ1v) is 10.4. The summed E-state index contributed by atoms with van der Waals surface area (Å²) in [5, 5.41) is 3.04. The normalized spacial score (nSPS) is 18.0. The first-order valence-electron chi connectivity index (χ1n) is 10.4. The van der Waals surface area contributed by atoms with Crippen LogP contribution in [0.3, 0.4) is 0 Å². The van der Waals surface area contributed by atoms with E-state index in [1.165, 1.54) is 0 Å². The third kappa shape index (κ3) is 4.75. The van der Waals surface area contributed by atoms with Gasteiger partial charge in [0.15, 0.2) is 0 Å². The Balaban J connectivity index is 1.69. The number of ether oxygens (including phenoxy) is 2. The van der Waals surface area contributed by atoms with Crippen molar-refractivity contribution < 1.29 is 19.1 Å². The van der Waals surface area contributed by atoms with Gasteiger partial charge in [-0.15, -0.1) is 0 Å². The molecule has 160 valence electrons. The van der Waals surface area contributed by atoms with Crippen LogP contribution in [0, 0.1) is 0 Å². The van der Waals surface area contributed by atoms with Crippen LogP contribution in [-0.2, 0) is 4.79 Å². The molecule has 0 saturated heterocycles. The maximum Gasteiger partial charge on any atom is 0.253 e. The molecule has 2 amide bonds. The molecule has 30 heavy (non-hydrogen) atoms. The van der Waals surface area contributed by atoms with Crippen molar-refractivity contribution in [1.82, 2.24) is 10.2 Å². The molecule has 6 nitrogen and oxygen atoms in total. The van der Waals surface area contributed by atoms with Gasteiger partial charge >= 0.3 is 0 Å². The summed E-state index contributed by atoms with van der Waals surface area (Å²) in [5.41, 5.74) is 2.56. The van der Waals surface area contributed by atoms with Crippen molar-refractivity contribution in [3.8, 4) is 22.6 Å². The zero-order valence-electron chi connectivity index (χ0n) is 18.1. The van der Waals surface area contributed by atoms with E-state index in [9.17, 15) is 9.59 Å². The van der Waals surface area contributed by atoms with Crippen molar-refractivity contribution in [2.45, 2.75) is 44.7 Å². The van der Waals surface area contributed by atoms with Crippen molar-refractivity contribution in [2.75, 3.05) is 21.3 Å². The summed E-state index contributed by atoms with van der Waals surface area (Å²) in [6, 6.07) is 13.5. The van der Waals surface area contributed by atoms with E-state index in [0.717, 1.165) is 41.9 Å². The minimum Gasteiger partial charge on any atom is -0.497 e. The molecule has 0 radical (unpaired) electrons. The molecule has 1 aliphatic carbocycles. The number of rotatable bonds is 7. The monoisotopic (exact) mass is 410 g/mol. The second kappa shape index (κ2) is 9.65. The second-order valence-electron chi connectivity index (χ2n) is 7.64. The number of nitrogens with one attached hydrogen (secondary N) is 1. The van der Waals surface area contributed by atoms with Crippen LogP contribution in [-0.4, -0.2) is 50.1 Å². The average molecular weight is 411 g/mol. The Labute approximate surface area is 178 Å². The summed E-state index contributed by atoms with van der Waals surface area (Å²) in [5.74, 6) is 1.51. The van der Waals surface area contributed by atoms with Crippen LogP contribution < -0.4 is 14.8 Å². The summed E-state index contributed by atoms with van der Waals surface area (Å²) in [6.07, 6.45) is 3.10. The molecule has 0 aliphatic heterocycles. The van der Waals surface area contributed by atoms with Gasteiger partial charge in [-0.25, -0.2) is 0 Å². The van der Waals surface area contributed by atoms with E-state index in [4.69, 9.17) is 9.47 Å².